The number of imidazole rings is 1. The van der Waals surface area contributed by atoms with E-state index in [0.717, 1.165) is 11.0 Å². The third-order valence-electron chi connectivity index (χ3n) is 2.72. The summed E-state index contributed by atoms with van der Waals surface area (Å²) in [5.74, 6) is 0.616. The molecule has 3 aromatic heterocycles. The second-order valence-electron chi connectivity index (χ2n) is 3.90. The Morgan fingerprint density at radius 3 is 2.56 bits per heavy atom. The van der Waals surface area contributed by atoms with Crippen LogP contribution in [0.15, 0.2) is 42.7 Å². The van der Waals surface area contributed by atoms with Crippen LogP contribution in [0.25, 0.3) is 28.3 Å². The molecule has 0 saturated heterocycles. The third kappa shape index (κ3) is 1.29. The van der Waals surface area contributed by atoms with Gasteiger partial charge in [0.1, 0.15) is 0 Å². The molecule has 1 aromatic carbocycles. The monoisotopic (exact) mass is 236 g/mol. The number of aromatic amines is 1. The number of rotatable bonds is 1. The highest BCUT2D eigenvalue weighted by molar-refractivity contribution is 5.82. The van der Waals surface area contributed by atoms with Crippen molar-refractivity contribution in [1.82, 2.24) is 29.7 Å². The van der Waals surface area contributed by atoms with Crippen LogP contribution in [0.4, 0.5) is 0 Å². The summed E-state index contributed by atoms with van der Waals surface area (Å²) in [5, 5.41) is 4.12. The Morgan fingerprint density at radius 2 is 1.78 bits per heavy atom. The van der Waals surface area contributed by atoms with E-state index in [1.807, 2.05) is 36.5 Å². The van der Waals surface area contributed by atoms with Crippen molar-refractivity contribution in [2.75, 3.05) is 0 Å². The Morgan fingerprint density at radius 1 is 0.944 bits per heavy atom. The van der Waals surface area contributed by atoms with Crippen molar-refractivity contribution in [3.05, 3.63) is 42.7 Å². The number of fused-ring (bicyclic) bond motifs is 2. The van der Waals surface area contributed by atoms with Crippen LogP contribution >= 0.6 is 0 Å². The molecule has 18 heavy (non-hydrogen) atoms. The summed E-state index contributed by atoms with van der Waals surface area (Å²) in [7, 11) is 0. The van der Waals surface area contributed by atoms with Gasteiger partial charge in [-0.1, -0.05) is 12.1 Å². The van der Waals surface area contributed by atoms with E-state index in [1.165, 1.54) is 0 Å². The topological polar surface area (TPSA) is 72.3 Å². The van der Waals surface area contributed by atoms with E-state index in [1.54, 1.807) is 10.9 Å². The zero-order valence-corrected chi connectivity index (χ0v) is 9.28. The van der Waals surface area contributed by atoms with Crippen LogP contribution in [0.5, 0.6) is 0 Å². The first-order chi connectivity index (χ1) is 8.90. The van der Waals surface area contributed by atoms with Crippen molar-refractivity contribution in [3.8, 4) is 5.95 Å². The number of nitrogens with one attached hydrogen (secondary N) is 1. The summed E-state index contributed by atoms with van der Waals surface area (Å²) >= 11 is 0. The van der Waals surface area contributed by atoms with Crippen molar-refractivity contribution in [1.29, 1.82) is 0 Å². The average molecular weight is 236 g/mol. The van der Waals surface area contributed by atoms with Crippen molar-refractivity contribution in [2.24, 2.45) is 0 Å². The summed E-state index contributed by atoms with van der Waals surface area (Å²) in [5.41, 5.74) is 2.95. The maximum atomic E-state index is 4.49. The first-order valence-electron chi connectivity index (χ1n) is 5.53. The van der Waals surface area contributed by atoms with Gasteiger partial charge in [0.2, 0.25) is 5.95 Å². The minimum absolute atomic E-state index is 0.596. The Bertz CT molecular complexity index is 778. The lowest BCUT2D eigenvalue weighted by molar-refractivity contribution is 0.828. The van der Waals surface area contributed by atoms with E-state index < -0.39 is 0 Å². The lowest BCUT2D eigenvalue weighted by Gasteiger charge is -1.93. The van der Waals surface area contributed by atoms with Crippen LogP contribution in [0.1, 0.15) is 0 Å². The summed E-state index contributed by atoms with van der Waals surface area (Å²) in [6.45, 7) is 0. The maximum Gasteiger partial charge on any atom is 0.231 e. The molecule has 6 nitrogen and oxygen atoms in total. The Balaban J connectivity index is 2.02. The first kappa shape index (κ1) is 9.29. The van der Waals surface area contributed by atoms with Gasteiger partial charge in [0, 0.05) is 12.4 Å². The fourth-order valence-corrected chi connectivity index (χ4v) is 1.89. The zero-order chi connectivity index (χ0) is 11.9. The molecule has 0 amide bonds. The Hall–Kier alpha value is -2.76. The predicted molar refractivity (Wildman–Crippen MR) is 66.3 cm³/mol. The first-order valence-corrected chi connectivity index (χ1v) is 5.53. The zero-order valence-electron chi connectivity index (χ0n) is 9.28. The van der Waals surface area contributed by atoms with Crippen molar-refractivity contribution in [3.63, 3.8) is 0 Å². The minimum atomic E-state index is 0.596. The van der Waals surface area contributed by atoms with Gasteiger partial charge in [0.15, 0.2) is 11.3 Å². The SMILES string of the molecule is c1ccc2nc3[nH]c(-n4cccn4)nc3nc2c1. The highest BCUT2D eigenvalue weighted by atomic mass is 15.3. The van der Waals surface area contributed by atoms with Crippen LogP contribution in [0, 0.1) is 0 Å². The van der Waals surface area contributed by atoms with E-state index in [2.05, 4.69) is 25.0 Å². The van der Waals surface area contributed by atoms with Gasteiger partial charge in [-0.15, -0.1) is 0 Å². The molecule has 4 rings (SSSR count). The lowest BCUT2D eigenvalue weighted by atomic mass is 10.3. The second kappa shape index (κ2) is 3.36. The van der Waals surface area contributed by atoms with Gasteiger partial charge in [-0.3, -0.25) is 0 Å². The average Bonchev–Trinajstić information content (AvgIpc) is 3.04. The van der Waals surface area contributed by atoms with Crippen molar-refractivity contribution in [2.45, 2.75) is 0 Å². The Labute approximate surface area is 101 Å². The highest BCUT2D eigenvalue weighted by Crippen LogP contribution is 2.14. The Kier molecular flexibility index (Phi) is 1.74. The number of hydrogen-bond acceptors (Lipinski definition) is 4. The molecule has 0 unspecified atom stereocenters. The summed E-state index contributed by atoms with van der Waals surface area (Å²) in [6, 6.07) is 9.56. The fourth-order valence-electron chi connectivity index (χ4n) is 1.89. The molecule has 3 heterocycles. The van der Waals surface area contributed by atoms with E-state index >= 15 is 0 Å². The quantitative estimate of drug-likeness (QED) is 0.546. The molecule has 0 aliphatic heterocycles. The van der Waals surface area contributed by atoms with Crippen LogP contribution in [0.3, 0.4) is 0 Å². The fraction of sp³-hybridized carbons (Fsp3) is 0. The molecular formula is C12H8N6. The molecule has 0 atom stereocenters. The largest absolute Gasteiger partial charge is 0.305 e. The molecule has 4 aromatic rings. The summed E-state index contributed by atoms with van der Waals surface area (Å²) < 4.78 is 1.65. The van der Waals surface area contributed by atoms with Gasteiger partial charge in [-0.25, -0.2) is 14.6 Å². The number of aromatic nitrogens is 6. The van der Waals surface area contributed by atoms with Crippen molar-refractivity contribution < 1.29 is 0 Å². The van der Waals surface area contributed by atoms with E-state index in [0.29, 0.717) is 17.2 Å². The van der Waals surface area contributed by atoms with Crippen LogP contribution in [0.2, 0.25) is 0 Å². The number of nitrogens with zero attached hydrogens (tertiary/aromatic N) is 5. The van der Waals surface area contributed by atoms with Crippen LogP contribution < -0.4 is 0 Å². The number of benzene rings is 1. The highest BCUT2D eigenvalue weighted by Gasteiger charge is 2.08. The molecule has 0 fully saturated rings. The molecule has 0 saturated carbocycles. The normalized spacial score (nSPS) is 11.3. The van der Waals surface area contributed by atoms with Crippen LogP contribution in [-0.4, -0.2) is 29.7 Å². The smallest absolute Gasteiger partial charge is 0.231 e. The molecule has 0 aliphatic carbocycles. The summed E-state index contributed by atoms with van der Waals surface area (Å²) in [4.78, 5) is 16.4. The van der Waals surface area contributed by atoms with Gasteiger partial charge in [-0.05, 0) is 18.2 Å². The van der Waals surface area contributed by atoms with E-state index in [-0.39, 0.29) is 0 Å². The molecule has 0 aliphatic rings. The summed E-state index contributed by atoms with van der Waals surface area (Å²) in [6.07, 6.45) is 3.52. The van der Waals surface area contributed by atoms with E-state index in [4.69, 9.17) is 0 Å². The molecule has 0 radical (unpaired) electrons. The number of para-hydroxylation sites is 2. The second-order valence-corrected chi connectivity index (χ2v) is 3.90. The molecule has 1 N–H and O–H groups in total. The standard InChI is InChI=1S/C12H8N6/c1-2-5-9-8(4-1)14-10-11(15-9)17-12(16-10)18-7-3-6-13-18/h1-7H,(H,14,15,16,17). The predicted octanol–water partition coefficient (Wildman–Crippen LogP) is 1.69. The molecular weight excluding hydrogens is 228 g/mol. The number of hydrogen-bond donors (Lipinski definition) is 1. The third-order valence-corrected chi connectivity index (χ3v) is 2.72. The maximum absolute atomic E-state index is 4.49. The van der Waals surface area contributed by atoms with Gasteiger partial charge in [-0.2, -0.15) is 10.1 Å². The minimum Gasteiger partial charge on any atom is -0.305 e. The molecule has 0 bridgehead atoms. The molecule has 6 heteroatoms. The van der Waals surface area contributed by atoms with Gasteiger partial charge < -0.3 is 4.98 Å². The van der Waals surface area contributed by atoms with Crippen molar-refractivity contribution >= 4 is 22.3 Å². The number of H-pyrrole nitrogens is 1. The molecule has 86 valence electrons. The van der Waals surface area contributed by atoms with Gasteiger partial charge >= 0.3 is 0 Å². The van der Waals surface area contributed by atoms with Gasteiger partial charge in [0.05, 0.1) is 11.0 Å². The van der Waals surface area contributed by atoms with Crippen LogP contribution in [-0.2, 0) is 0 Å². The van der Waals surface area contributed by atoms with Gasteiger partial charge in [0.25, 0.3) is 0 Å². The van der Waals surface area contributed by atoms with E-state index in [9.17, 15) is 0 Å². The molecule has 0 spiro atoms. The lowest BCUT2D eigenvalue weighted by Crippen LogP contribution is -1.95.